The molecule has 0 fully saturated rings. The van der Waals surface area contributed by atoms with E-state index in [0.717, 1.165) is 35.0 Å². The van der Waals surface area contributed by atoms with Crippen LogP contribution in [0.1, 0.15) is 17.1 Å². The molecule has 0 atom stereocenters. The normalized spacial score (nSPS) is 13.0. The van der Waals surface area contributed by atoms with Crippen LogP contribution in [-0.2, 0) is 13.0 Å². The van der Waals surface area contributed by atoms with E-state index in [-0.39, 0.29) is 0 Å². The first kappa shape index (κ1) is 10.2. The van der Waals surface area contributed by atoms with E-state index in [0.29, 0.717) is 13.3 Å². The lowest BCUT2D eigenvalue weighted by Crippen LogP contribution is -1.93. The highest BCUT2D eigenvalue weighted by atomic mass is 16.7. The second-order valence-corrected chi connectivity index (χ2v) is 3.94. The van der Waals surface area contributed by atoms with Crippen molar-refractivity contribution >= 4 is 0 Å². The number of fused-ring (bicyclic) bond motifs is 1. The van der Waals surface area contributed by atoms with Crippen LogP contribution in [0.25, 0.3) is 0 Å². The average molecular weight is 231 g/mol. The molecule has 2 aromatic rings. The monoisotopic (exact) mass is 231 g/mol. The minimum absolute atomic E-state index is 0.302. The third-order valence-electron chi connectivity index (χ3n) is 2.73. The van der Waals surface area contributed by atoms with Crippen LogP contribution in [0, 0.1) is 0 Å². The molecule has 1 aliphatic rings. The fraction of sp³-hybridized carbons (Fsp3) is 0.231. The standard InChI is InChI=1S/C13H13NO3/c14-7-11-3-2-10(17-11)5-9-1-4-12-13(6-9)16-8-15-12/h1-4,6H,5,7-8,14H2. The topological polar surface area (TPSA) is 57.6 Å². The predicted molar refractivity (Wildman–Crippen MR) is 62.0 cm³/mol. The first-order valence-corrected chi connectivity index (χ1v) is 5.51. The van der Waals surface area contributed by atoms with E-state index in [1.807, 2.05) is 30.3 Å². The Morgan fingerprint density at radius 2 is 1.82 bits per heavy atom. The summed E-state index contributed by atoms with van der Waals surface area (Å²) in [5.74, 6) is 3.31. The molecule has 1 aromatic heterocycles. The summed E-state index contributed by atoms with van der Waals surface area (Å²) in [5.41, 5.74) is 6.63. The number of rotatable bonds is 3. The lowest BCUT2D eigenvalue weighted by molar-refractivity contribution is 0.174. The largest absolute Gasteiger partial charge is 0.464 e. The van der Waals surface area contributed by atoms with Crippen molar-refractivity contribution in [2.45, 2.75) is 13.0 Å². The first-order valence-electron chi connectivity index (χ1n) is 5.51. The van der Waals surface area contributed by atoms with Crippen molar-refractivity contribution in [3.8, 4) is 11.5 Å². The number of ether oxygens (including phenoxy) is 2. The van der Waals surface area contributed by atoms with E-state index in [9.17, 15) is 0 Å². The number of furan rings is 1. The molecule has 4 nitrogen and oxygen atoms in total. The van der Waals surface area contributed by atoms with E-state index in [2.05, 4.69) is 0 Å². The molecule has 0 radical (unpaired) electrons. The van der Waals surface area contributed by atoms with Gasteiger partial charge in [0.2, 0.25) is 6.79 Å². The third-order valence-corrected chi connectivity index (χ3v) is 2.73. The molecule has 0 aliphatic carbocycles. The van der Waals surface area contributed by atoms with Crippen LogP contribution in [-0.4, -0.2) is 6.79 Å². The van der Waals surface area contributed by atoms with Crippen molar-refractivity contribution in [3.63, 3.8) is 0 Å². The van der Waals surface area contributed by atoms with Crippen LogP contribution in [0.5, 0.6) is 11.5 Å². The second-order valence-electron chi connectivity index (χ2n) is 3.94. The van der Waals surface area contributed by atoms with Crippen molar-refractivity contribution in [1.82, 2.24) is 0 Å². The molecule has 2 heterocycles. The zero-order chi connectivity index (χ0) is 11.7. The van der Waals surface area contributed by atoms with Gasteiger partial charge in [0.1, 0.15) is 11.5 Å². The summed E-state index contributed by atoms with van der Waals surface area (Å²) in [5, 5.41) is 0. The Morgan fingerprint density at radius 3 is 2.65 bits per heavy atom. The lowest BCUT2D eigenvalue weighted by Gasteiger charge is -2.01. The van der Waals surface area contributed by atoms with E-state index < -0.39 is 0 Å². The van der Waals surface area contributed by atoms with Gasteiger partial charge in [0.05, 0.1) is 6.54 Å². The van der Waals surface area contributed by atoms with Gasteiger partial charge in [-0.05, 0) is 29.8 Å². The zero-order valence-electron chi connectivity index (χ0n) is 9.31. The fourth-order valence-corrected chi connectivity index (χ4v) is 1.88. The van der Waals surface area contributed by atoms with Crippen LogP contribution >= 0.6 is 0 Å². The molecule has 0 unspecified atom stereocenters. The summed E-state index contributed by atoms with van der Waals surface area (Å²) in [4.78, 5) is 0. The maximum absolute atomic E-state index is 5.56. The molecule has 0 spiro atoms. The Morgan fingerprint density at radius 1 is 1.00 bits per heavy atom. The number of hydrogen-bond donors (Lipinski definition) is 1. The molecule has 2 N–H and O–H groups in total. The SMILES string of the molecule is NCc1ccc(Cc2ccc3c(c2)OCO3)o1. The number of benzene rings is 1. The highest BCUT2D eigenvalue weighted by molar-refractivity contribution is 5.45. The van der Waals surface area contributed by atoms with Gasteiger partial charge in [-0.15, -0.1) is 0 Å². The Kier molecular flexibility index (Phi) is 2.49. The van der Waals surface area contributed by atoms with Gasteiger partial charge in [0.25, 0.3) is 0 Å². The highest BCUT2D eigenvalue weighted by Gasteiger charge is 2.13. The average Bonchev–Trinajstić information content (AvgIpc) is 2.96. The van der Waals surface area contributed by atoms with Crippen molar-refractivity contribution in [2.24, 2.45) is 5.73 Å². The number of hydrogen-bond acceptors (Lipinski definition) is 4. The molecule has 0 bridgehead atoms. The maximum atomic E-state index is 5.56. The molecule has 3 rings (SSSR count). The Bertz CT molecular complexity index is 533. The highest BCUT2D eigenvalue weighted by Crippen LogP contribution is 2.33. The van der Waals surface area contributed by atoms with Gasteiger partial charge in [0.15, 0.2) is 11.5 Å². The van der Waals surface area contributed by atoms with Crippen LogP contribution in [0.3, 0.4) is 0 Å². The maximum Gasteiger partial charge on any atom is 0.231 e. The third kappa shape index (κ3) is 1.99. The fourth-order valence-electron chi connectivity index (χ4n) is 1.88. The van der Waals surface area contributed by atoms with Crippen molar-refractivity contribution in [1.29, 1.82) is 0 Å². The van der Waals surface area contributed by atoms with E-state index in [1.165, 1.54) is 0 Å². The summed E-state index contributed by atoms with van der Waals surface area (Å²) in [6.45, 7) is 0.734. The summed E-state index contributed by atoms with van der Waals surface area (Å²) in [7, 11) is 0. The van der Waals surface area contributed by atoms with E-state index >= 15 is 0 Å². The molecule has 17 heavy (non-hydrogen) atoms. The second kappa shape index (κ2) is 4.14. The van der Waals surface area contributed by atoms with Gasteiger partial charge in [-0.3, -0.25) is 0 Å². The predicted octanol–water partition coefficient (Wildman–Crippen LogP) is 2.06. The molecule has 0 saturated heterocycles. The quantitative estimate of drug-likeness (QED) is 0.878. The van der Waals surface area contributed by atoms with E-state index in [1.54, 1.807) is 0 Å². The summed E-state index contributed by atoms with van der Waals surface area (Å²) < 4.78 is 16.2. The van der Waals surface area contributed by atoms with Crippen LogP contribution in [0.15, 0.2) is 34.7 Å². The summed E-state index contributed by atoms with van der Waals surface area (Å²) >= 11 is 0. The van der Waals surface area contributed by atoms with Gasteiger partial charge in [-0.25, -0.2) is 0 Å². The Hall–Kier alpha value is -1.94. The smallest absolute Gasteiger partial charge is 0.231 e. The zero-order valence-corrected chi connectivity index (χ0v) is 9.31. The van der Waals surface area contributed by atoms with E-state index in [4.69, 9.17) is 19.6 Å². The van der Waals surface area contributed by atoms with Gasteiger partial charge in [0, 0.05) is 6.42 Å². The molecule has 1 aromatic carbocycles. The van der Waals surface area contributed by atoms with Gasteiger partial charge < -0.3 is 19.6 Å². The summed E-state index contributed by atoms with van der Waals surface area (Å²) in [6.07, 6.45) is 0.733. The van der Waals surface area contributed by atoms with Crippen molar-refractivity contribution in [3.05, 3.63) is 47.4 Å². The van der Waals surface area contributed by atoms with Gasteiger partial charge in [-0.1, -0.05) is 6.07 Å². The molecule has 0 amide bonds. The van der Waals surface area contributed by atoms with Gasteiger partial charge >= 0.3 is 0 Å². The molecular weight excluding hydrogens is 218 g/mol. The minimum Gasteiger partial charge on any atom is -0.464 e. The Balaban J connectivity index is 1.80. The van der Waals surface area contributed by atoms with Crippen LogP contribution in [0.4, 0.5) is 0 Å². The Labute approximate surface area is 98.9 Å². The van der Waals surface area contributed by atoms with Crippen molar-refractivity contribution < 1.29 is 13.9 Å². The molecular formula is C13H13NO3. The molecule has 1 aliphatic heterocycles. The van der Waals surface area contributed by atoms with Crippen molar-refractivity contribution in [2.75, 3.05) is 6.79 Å². The molecule has 0 saturated carbocycles. The summed E-state index contributed by atoms with van der Waals surface area (Å²) in [6, 6.07) is 9.77. The molecule has 4 heteroatoms. The van der Waals surface area contributed by atoms with Crippen LogP contribution < -0.4 is 15.2 Å². The minimum atomic E-state index is 0.302. The van der Waals surface area contributed by atoms with Gasteiger partial charge in [-0.2, -0.15) is 0 Å². The lowest BCUT2D eigenvalue weighted by atomic mass is 10.1. The van der Waals surface area contributed by atoms with Crippen LogP contribution in [0.2, 0.25) is 0 Å². The first-order chi connectivity index (χ1) is 8.35. The number of nitrogens with two attached hydrogens (primary N) is 1. The molecule has 88 valence electrons.